The molecule has 1 aromatic heterocycles. The summed E-state index contributed by atoms with van der Waals surface area (Å²) in [4.78, 5) is 22.1. The van der Waals surface area contributed by atoms with Crippen LogP contribution in [0.1, 0.15) is 11.3 Å². The Morgan fingerprint density at radius 1 is 1.09 bits per heavy atom. The maximum atomic E-state index is 15.0. The zero-order chi connectivity index (χ0) is 23.6. The number of alkyl halides is 2. The normalized spacial score (nSPS) is 14.8. The Bertz CT molecular complexity index is 1150. The fraction of sp³-hybridized carbons (Fsp3) is 0.273. The van der Waals surface area contributed by atoms with Gasteiger partial charge in [0, 0.05) is 55.2 Å². The Balaban J connectivity index is 1.55. The number of nitrogens with zero attached hydrogens (tertiary/aromatic N) is 5. The number of hydrogen-bond acceptors (Lipinski definition) is 7. The predicted molar refractivity (Wildman–Crippen MR) is 118 cm³/mol. The van der Waals surface area contributed by atoms with E-state index in [2.05, 4.69) is 32.1 Å². The van der Waals surface area contributed by atoms with Crippen molar-refractivity contribution in [1.82, 2.24) is 14.9 Å². The fourth-order valence-electron chi connectivity index (χ4n) is 3.55. The molecule has 11 heteroatoms. The molecule has 0 aliphatic carbocycles. The zero-order valence-electron chi connectivity index (χ0n) is 17.7. The Hall–Kier alpha value is -3.73. The van der Waals surface area contributed by atoms with E-state index < -0.39 is 33.6 Å². The van der Waals surface area contributed by atoms with Gasteiger partial charge in [0.25, 0.3) is 5.69 Å². The lowest BCUT2D eigenvalue weighted by atomic mass is 10.0. The lowest BCUT2D eigenvalue weighted by molar-refractivity contribution is -0.385. The number of benzene rings is 2. The predicted octanol–water partition coefficient (Wildman–Crippen LogP) is 4.16. The Labute approximate surface area is 187 Å². The second-order valence-corrected chi connectivity index (χ2v) is 7.73. The van der Waals surface area contributed by atoms with E-state index in [1.165, 1.54) is 0 Å². The number of piperazine rings is 1. The number of rotatable bonds is 6. The van der Waals surface area contributed by atoms with E-state index in [9.17, 15) is 14.5 Å². The Morgan fingerprint density at radius 3 is 2.45 bits per heavy atom. The van der Waals surface area contributed by atoms with Gasteiger partial charge in [-0.25, -0.2) is 14.4 Å². The molecular formula is C22H21F3N6O2. The minimum atomic E-state index is -3.90. The van der Waals surface area contributed by atoms with Crippen LogP contribution in [0.5, 0.6) is 0 Å². The first-order valence-corrected chi connectivity index (χ1v) is 10.2. The maximum absolute atomic E-state index is 15.0. The third-order valence-corrected chi connectivity index (χ3v) is 5.45. The molecule has 0 spiro atoms. The monoisotopic (exact) mass is 458 g/mol. The van der Waals surface area contributed by atoms with Gasteiger partial charge in [-0.3, -0.25) is 10.1 Å². The van der Waals surface area contributed by atoms with E-state index in [1.54, 1.807) is 12.1 Å². The van der Waals surface area contributed by atoms with Crippen LogP contribution in [0.25, 0.3) is 0 Å². The molecule has 1 aliphatic rings. The molecule has 0 atom stereocenters. The summed E-state index contributed by atoms with van der Waals surface area (Å²) in [5.41, 5.74) is -0.859. The molecule has 8 nitrogen and oxygen atoms in total. The van der Waals surface area contributed by atoms with Gasteiger partial charge >= 0.3 is 5.92 Å². The summed E-state index contributed by atoms with van der Waals surface area (Å²) >= 11 is 0. The van der Waals surface area contributed by atoms with Crippen molar-refractivity contribution in [2.24, 2.45) is 0 Å². The number of nitrogens with one attached hydrogen (secondary N) is 1. The minimum Gasteiger partial charge on any atom is -0.369 e. The summed E-state index contributed by atoms with van der Waals surface area (Å²) in [5.74, 6) is -5.44. The molecule has 2 aromatic carbocycles. The van der Waals surface area contributed by atoms with Gasteiger partial charge in [-0.2, -0.15) is 8.78 Å². The molecule has 4 rings (SSSR count). The molecule has 0 bridgehead atoms. The van der Waals surface area contributed by atoms with Gasteiger partial charge in [-0.1, -0.05) is 12.1 Å². The standard InChI is InChI=1S/C22H21F3N6O2/c1-29-9-11-30(12-10-29)17-7-5-16(6-8-17)27-21-26-14-19(23)20(28-21)22(24,25)15-3-2-4-18(13-15)31(32)33/h2-8,13-14H,9-12H2,1H3,(H,26,27,28). The fourth-order valence-corrected chi connectivity index (χ4v) is 3.55. The van der Waals surface area contributed by atoms with Gasteiger partial charge in [0.05, 0.1) is 11.1 Å². The van der Waals surface area contributed by atoms with Crippen LogP contribution in [0, 0.1) is 15.9 Å². The summed E-state index contributed by atoms with van der Waals surface area (Å²) < 4.78 is 44.3. The first-order valence-electron chi connectivity index (χ1n) is 10.2. The maximum Gasteiger partial charge on any atom is 0.318 e. The van der Waals surface area contributed by atoms with Gasteiger partial charge < -0.3 is 15.1 Å². The van der Waals surface area contributed by atoms with Crippen LogP contribution in [0.15, 0.2) is 54.7 Å². The van der Waals surface area contributed by atoms with Crippen molar-refractivity contribution in [1.29, 1.82) is 0 Å². The third-order valence-electron chi connectivity index (χ3n) is 5.45. The molecule has 172 valence electrons. The van der Waals surface area contributed by atoms with Crippen molar-refractivity contribution in [2.45, 2.75) is 5.92 Å². The molecule has 0 saturated carbocycles. The molecule has 0 unspecified atom stereocenters. The highest BCUT2D eigenvalue weighted by molar-refractivity contribution is 5.59. The van der Waals surface area contributed by atoms with E-state index in [4.69, 9.17) is 0 Å². The Morgan fingerprint density at radius 2 is 1.79 bits per heavy atom. The molecule has 3 aromatic rings. The van der Waals surface area contributed by atoms with Gasteiger partial charge in [-0.15, -0.1) is 0 Å². The number of likely N-dealkylation sites (N-methyl/N-ethyl adjacent to an activating group) is 1. The van der Waals surface area contributed by atoms with Crippen molar-refractivity contribution in [3.63, 3.8) is 0 Å². The zero-order valence-corrected chi connectivity index (χ0v) is 17.7. The van der Waals surface area contributed by atoms with Gasteiger partial charge in [-0.05, 0) is 31.3 Å². The second kappa shape index (κ2) is 9.02. The van der Waals surface area contributed by atoms with Crippen molar-refractivity contribution in [3.8, 4) is 0 Å². The highest BCUT2D eigenvalue weighted by Crippen LogP contribution is 2.37. The summed E-state index contributed by atoms with van der Waals surface area (Å²) in [6.07, 6.45) is 0.647. The second-order valence-electron chi connectivity index (χ2n) is 7.73. The third kappa shape index (κ3) is 4.87. The Kier molecular flexibility index (Phi) is 6.14. The molecule has 1 fully saturated rings. The van der Waals surface area contributed by atoms with Crippen molar-refractivity contribution < 1.29 is 18.1 Å². The first kappa shape index (κ1) is 22.5. The van der Waals surface area contributed by atoms with E-state index in [0.29, 0.717) is 18.0 Å². The van der Waals surface area contributed by atoms with Gasteiger partial charge in [0.1, 0.15) is 0 Å². The minimum absolute atomic E-state index is 0.219. The largest absolute Gasteiger partial charge is 0.369 e. The summed E-state index contributed by atoms with van der Waals surface area (Å²) in [6.45, 7) is 3.73. The first-order chi connectivity index (χ1) is 15.7. The summed E-state index contributed by atoms with van der Waals surface area (Å²) in [6, 6.07) is 11.2. The number of aromatic nitrogens is 2. The molecule has 33 heavy (non-hydrogen) atoms. The van der Waals surface area contributed by atoms with Gasteiger partial charge in [0.2, 0.25) is 5.95 Å². The lowest BCUT2D eigenvalue weighted by Gasteiger charge is -2.34. The van der Waals surface area contributed by atoms with Crippen LogP contribution in [0.4, 0.5) is 36.2 Å². The molecule has 0 radical (unpaired) electrons. The lowest BCUT2D eigenvalue weighted by Crippen LogP contribution is -2.44. The smallest absolute Gasteiger partial charge is 0.318 e. The molecule has 1 N–H and O–H groups in total. The van der Waals surface area contributed by atoms with E-state index in [-0.39, 0.29) is 5.95 Å². The summed E-state index contributed by atoms with van der Waals surface area (Å²) in [5, 5.41) is 13.7. The van der Waals surface area contributed by atoms with Crippen LogP contribution < -0.4 is 10.2 Å². The average Bonchev–Trinajstić information content (AvgIpc) is 2.81. The average molecular weight is 458 g/mol. The van der Waals surface area contributed by atoms with Crippen LogP contribution >= 0.6 is 0 Å². The van der Waals surface area contributed by atoms with Crippen LogP contribution in [0.2, 0.25) is 0 Å². The van der Waals surface area contributed by atoms with E-state index >= 15 is 8.78 Å². The highest BCUT2D eigenvalue weighted by Gasteiger charge is 2.40. The summed E-state index contributed by atoms with van der Waals surface area (Å²) in [7, 11) is 2.07. The van der Waals surface area contributed by atoms with Crippen molar-refractivity contribution in [3.05, 3.63) is 81.9 Å². The number of halogens is 3. The molecular weight excluding hydrogens is 437 g/mol. The van der Waals surface area contributed by atoms with Crippen molar-refractivity contribution >= 4 is 23.0 Å². The molecule has 0 amide bonds. The van der Waals surface area contributed by atoms with Crippen molar-refractivity contribution in [2.75, 3.05) is 43.4 Å². The number of anilines is 3. The number of nitro groups is 1. The van der Waals surface area contributed by atoms with Crippen LogP contribution in [-0.4, -0.2) is 53.0 Å². The van der Waals surface area contributed by atoms with Gasteiger partial charge in [0.15, 0.2) is 11.5 Å². The van der Waals surface area contributed by atoms with E-state index in [0.717, 1.165) is 50.1 Å². The van der Waals surface area contributed by atoms with Crippen LogP contribution in [-0.2, 0) is 5.92 Å². The molecule has 1 saturated heterocycles. The number of hydrogen-bond donors (Lipinski definition) is 1. The quantitative estimate of drug-likeness (QED) is 0.438. The highest BCUT2D eigenvalue weighted by atomic mass is 19.3. The topological polar surface area (TPSA) is 87.4 Å². The number of nitro benzene ring substituents is 1. The van der Waals surface area contributed by atoms with E-state index in [1.807, 2.05) is 12.1 Å². The molecule has 1 aliphatic heterocycles. The van der Waals surface area contributed by atoms with Crippen LogP contribution in [0.3, 0.4) is 0 Å². The SMILES string of the molecule is CN1CCN(c2ccc(Nc3ncc(F)c(C(F)(F)c4cccc([N+](=O)[O-])c4)n3)cc2)CC1. The molecule has 2 heterocycles. The number of non-ortho nitro benzene ring substituents is 1.